The molecule has 7 heteroatoms. The van der Waals surface area contributed by atoms with Gasteiger partial charge in [0.15, 0.2) is 0 Å². The second kappa shape index (κ2) is 9.82. The van der Waals surface area contributed by atoms with Gasteiger partial charge in [0.2, 0.25) is 0 Å². The molecule has 2 aromatic rings. The van der Waals surface area contributed by atoms with Gasteiger partial charge in [0.25, 0.3) is 5.91 Å². The molecule has 0 atom stereocenters. The topological polar surface area (TPSA) is 84.4 Å². The molecule has 28 heavy (non-hydrogen) atoms. The van der Waals surface area contributed by atoms with Crippen molar-refractivity contribution < 1.29 is 14.3 Å². The van der Waals surface area contributed by atoms with Crippen LogP contribution < -0.4 is 10.2 Å². The summed E-state index contributed by atoms with van der Waals surface area (Å²) in [5, 5.41) is 2.81. The van der Waals surface area contributed by atoms with Gasteiger partial charge in [0.05, 0.1) is 12.2 Å². The number of piperidine rings is 1. The zero-order valence-electron chi connectivity index (χ0n) is 16.2. The molecular formula is C21H26N4O3. The molecule has 0 unspecified atom stereocenters. The van der Waals surface area contributed by atoms with E-state index in [4.69, 9.17) is 4.74 Å². The average Bonchev–Trinajstić information content (AvgIpc) is 2.75. The van der Waals surface area contributed by atoms with Crippen molar-refractivity contribution in [3.05, 3.63) is 47.9 Å². The second-order valence-corrected chi connectivity index (χ2v) is 6.83. The maximum atomic E-state index is 12.5. The van der Waals surface area contributed by atoms with E-state index in [1.165, 1.54) is 12.7 Å². The Balaban J connectivity index is 1.60. The molecule has 1 saturated heterocycles. The van der Waals surface area contributed by atoms with Crippen LogP contribution in [0, 0.1) is 0 Å². The van der Waals surface area contributed by atoms with Crippen LogP contribution in [-0.4, -0.2) is 41.5 Å². The number of unbranched alkanes of at least 4 members (excludes halogenated alkanes) is 1. The van der Waals surface area contributed by atoms with Crippen LogP contribution in [0.15, 0.2) is 36.7 Å². The normalized spacial score (nSPS) is 13.8. The van der Waals surface area contributed by atoms with Gasteiger partial charge in [0, 0.05) is 24.8 Å². The molecule has 148 valence electrons. The monoisotopic (exact) mass is 382 g/mol. The number of carbonyl (C=O) groups is 2. The third-order valence-corrected chi connectivity index (χ3v) is 4.67. The molecule has 0 spiro atoms. The first kappa shape index (κ1) is 19.8. The highest BCUT2D eigenvalue weighted by Crippen LogP contribution is 2.18. The Morgan fingerprint density at radius 3 is 2.57 bits per heavy atom. The van der Waals surface area contributed by atoms with Gasteiger partial charge in [-0.25, -0.2) is 14.8 Å². The van der Waals surface area contributed by atoms with Gasteiger partial charge in [-0.1, -0.05) is 13.3 Å². The van der Waals surface area contributed by atoms with Crippen molar-refractivity contribution in [1.29, 1.82) is 0 Å². The van der Waals surface area contributed by atoms with Gasteiger partial charge in [-0.3, -0.25) is 4.79 Å². The van der Waals surface area contributed by atoms with Crippen LogP contribution in [0.3, 0.4) is 0 Å². The van der Waals surface area contributed by atoms with E-state index >= 15 is 0 Å². The zero-order chi connectivity index (χ0) is 19.8. The quantitative estimate of drug-likeness (QED) is 0.581. The van der Waals surface area contributed by atoms with E-state index in [0.717, 1.165) is 44.6 Å². The van der Waals surface area contributed by atoms with Crippen molar-refractivity contribution in [2.45, 2.75) is 39.0 Å². The van der Waals surface area contributed by atoms with Crippen LogP contribution in [0.2, 0.25) is 0 Å². The Bertz CT molecular complexity index is 802. The van der Waals surface area contributed by atoms with Crippen LogP contribution in [0.25, 0.3) is 0 Å². The van der Waals surface area contributed by atoms with Crippen molar-refractivity contribution in [2.75, 3.05) is 29.9 Å². The van der Waals surface area contributed by atoms with E-state index in [2.05, 4.69) is 20.2 Å². The van der Waals surface area contributed by atoms with E-state index in [1.807, 2.05) is 6.92 Å². The Morgan fingerprint density at radius 2 is 1.86 bits per heavy atom. The van der Waals surface area contributed by atoms with Crippen LogP contribution in [0.5, 0.6) is 0 Å². The Morgan fingerprint density at radius 1 is 1.11 bits per heavy atom. The van der Waals surface area contributed by atoms with Crippen molar-refractivity contribution in [1.82, 2.24) is 9.97 Å². The van der Waals surface area contributed by atoms with E-state index in [1.54, 1.807) is 30.3 Å². The smallest absolute Gasteiger partial charge is 0.338 e. The van der Waals surface area contributed by atoms with Crippen molar-refractivity contribution >= 4 is 23.4 Å². The maximum Gasteiger partial charge on any atom is 0.338 e. The summed E-state index contributed by atoms with van der Waals surface area (Å²) in [5.41, 5.74) is 1.37. The van der Waals surface area contributed by atoms with Crippen LogP contribution >= 0.6 is 0 Å². The summed E-state index contributed by atoms with van der Waals surface area (Å²) in [6.45, 7) is 4.36. The molecule has 0 radical (unpaired) electrons. The molecule has 3 rings (SSSR count). The standard InChI is InChI=1S/C21H26N4O3/c1-2-3-13-28-21(27)16-7-9-17(10-8-16)24-20(26)18-14-19(23-15-22-18)25-11-5-4-6-12-25/h7-10,14-15H,2-6,11-13H2,1H3,(H,24,26). The lowest BCUT2D eigenvalue weighted by molar-refractivity contribution is 0.0499. The van der Waals surface area contributed by atoms with Gasteiger partial charge in [-0.05, 0) is 49.9 Å². The summed E-state index contributed by atoms with van der Waals surface area (Å²) in [7, 11) is 0. The number of hydrogen-bond acceptors (Lipinski definition) is 6. The second-order valence-electron chi connectivity index (χ2n) is 6.83. The highest BCUT2D eigenvalue weighted by molar-refractivity contribution is 6.03. The summed E-state index contributed by atoms with van der Waals surface area (Å²) in [6, 6.07) is 8.37. The van der Waals surface area contributed by atoms with Gasteiger partial charge < -0.3 is 15.0 Å². The molecule has 1 aromatic heterocycles. The maximum absolute atomic E-state index is 12.5. The minimum absolute atomic E-state index is 0.307. The molecule has 0 bridgehead atoms. The molecule has 1 amide bonds. The lowest BCUT2D eigenvalue weighted by Gasteiger charge is -2.27. The first-order chi connectivity index (χ1) is 13.7. The van der Waals surface area contributed by atoms with Crippen LogP contribution in [0.1, 0.15) is 59.9 Å². The number of carbonyl (C=O) groups excluding carboxylic acids is 2. The molecule has 1 aliphatic heterocycles. The average molecular weight is 382 g/mol. The Labute approximate surface area is 165 Å². The van der Waals surface area contributed by atoms with Crippen molar-refractivity contribution in [3.63, 3.8) is 0 Å². The van der Waals surface area contributed by atoms with Crippen LogP contribution in [0.4, 0.5) is 11.5 Å². The van der Waals surface area contributed by atoms with E-state index in [-0.39, 0.29) is 11.9 Å². The molecule has 1 N–H and O–H groups in total. The van der Waals surface area contributed by atoms with Crippen molar-refractivity contribution in [2.24, 2.45) is 0 Å². The predicted octanol–water partition coefficient (Wildman–Crippen LogP) is 3.68. The van der Waals surface area contributed by atoms with Gasteiger partial charge in [-0.15, -0.1) is 0 Å². The fraction of sp³-hybridized carbons (Fsp3) is 0.429. The van der Waals surface area contributed by atoms with E-state index in [0.29, 0.717) is 23.6 Å². The largest absolute Gasteiger partial charge is 0.462 e. The summed E-state index contributed by atoms with van der Waals surface area (Å²) >= 11 is 0. The highest BCUT2D eigenvalue weighted by Gasteiger charge is 2.15. The number of benzene rings is 1. The van der Waals surface area contributed by atoms with Gasteiger partial charge in [-0.2, -0.15) is 0 Å². The fourth-order valence-corrected chi connectivity index (χ4v) is 3.04. The number of nitrogens with zero attached hydrogens (tertiary/aromatic N) is 3. The Kier molecular flexibility index (Phi) is 6.94. The molecule has 1 aromatic carbocycles. The van der Waals surface area contributed by atoms with E-state index < -0.39 is 0 Å². The van der Waals surface area contributed by atoms with Crippen LogP contribution in [-0.2, 0) is 4.74 Å². The Hall–Kier alpha value is -2.96. The summed E-state index contributed by atoms with van der Waals surface area (Å²) in [5.74, 6) is 0.122. The highest BCUT2D eigenvalue weighted by atomic mass is 16.5. The van der Waals surface area contributed by atoms with Gasteiger partial charge in [0.1, 0.15) is 17.8 Å². The SMILES string of the molecule is CCCCOC(=O)c1ccc(NC(=O)c2cc(N3CCCCC3)ncn2)cc1. The summed E-state index contributed by atoms with van der Waals surface area (Å²) < 4.78 is 5.18. The molecule has 0 aliphatic carbocycles. The predicted molar refractivity (Wildman–Crippen MR) is 108 cm³/mol. The first-order valence-corrected chi connectivity index (χ1v) is 9.83. The number of aromatic nitrogens is 2. The first-order valence-electron chi connectivity index (χ1n) is 9.83. The number of rotatable bonds is 7. The summed E-state index contributed by atoms with van der Waals surface area (Å²) in [4.78, 5) is 35.0. The number of hydrogen-bond donors (Lipinski definition) is 1. The molecule has 1 fully saturated rings. The number of amides is 1. The minimum atomic E-state index is -0.353. The third kappa shape index (κ3) is 5.28. The number of ether oxygens (including phenoxy) is 1. The fourth-order valence-electron chi connectivity index (χ4n) is 3.04. The molecule has 2 heterocycles. The number of anilines is 2. The minimum Gasteiger partial charge on any atom is -0.462 e. The third-order valence-electron chi connectivity index (χ3n) is 4.67. The zero-order valence-corrected chi connectivity index (χ0v) is 16.2. The lowest BCUT2D eigenvalue weighted by atomic mass is 10.1. The van der Waals surface area contributed by atoms with Gasteiger partial charge >= 0.3 is 5.97 Å². The molecular weight excluding hydrogens is 356 g/mol. The lowest BCUT2D eigenvalue weighted by Crippen LogP contribution is -2.30. The summed E-state index contributed by atoms with van der Waals surface area (Å²) in [6.07, 6.45) is 6.75. The molecule has 7 nitrogen and oxygen atoms in total. The molecule has 1 aliphatic rings. The molecule has 0 saturated carbocycles. The van der Waals surface area contributed by atoms with Crippen molar-refractivity contribution in [3.8, 4) is 0 Å². The number of esters is 1. The van der Waals surface area contributed by atoms with E-state index in [9.17, 15) is 9.59 Å². The number of nitrogens with one attached hydrogen (secondary N) is 1.